The lowest BCUT2D eigenvalue weighted by molar-refractivity contribution is -0.121. The number of piperidine rings is 1. The third kappa shape index (κ3) is 7.50. The van der Waals surface area contributed by atoms with Gasteiger partial charge >= 0.3 is 6.03 Å². The number of imide groups is 1. The molecule has 0 aromatic heterocycles. The van der Waals surface area contributed by atoms with E-state index in [2.05, 4.69) is 20.9 Å². The minimum Gasteiger partial charge on any atom is -0.335 e. The second kappa shape index (κ2) is 10.3. The molecule has 1 heterocycles. The Kier molecular flexibility index (Phi) is 8.46. The van der Waals surface area contributed by atoms with Crippen LogP contribution in [0.25, 0.3) is 0 Å². The smallest absolute Gasteiger partial charge is 0.321 e. The fourth-order valence-corrected chi connectivity index (χ4v) is 3.79. The summed E-state index contributed by atoms with van der Waals surface area (Å²) in [6, 6.07) is 0.507. The lowest BCUT2D eigenvalue weighted by Gasteiger charge is -2.32. The summed E-state index contributed by atoms with van der Waals surface area (Å²) < 4.78 is 0. The quantitative estimate of drug-likeness (QED) is 0.667. The van der Waals surface area contributed by atoms with E-state index in [4.69, 9.17) is 0 Å². The van der Waals surface area contributed by atoms with Crippen molar-refractivity contribution in [2.24, 2.45) is 5.92 Å². The van der Waals surface area contributed by atoms with E-state index in [9.17, 15) is 9.59 Å². The molecule has 25 heavy (non-hydrogen) atoms. The van der Waals surface area contributed by atoms with Gasteiger partial charge in [-0.05, 0) is 51.0 Å². The molecule has 1 aliphatic heterocycles. The highest BCUT2D eigenvalue weighted by Gasteiger charge is 2.25. The van der Waals surface area contributed by atoms with Crippen LogP contribution in [0.5, 0.6) is 0 Å². The Balaban J connectivity index is 0.00000225. The highest BCUT2D eigenvalue weighted by atomic mass is 35.5. The predicted molar refractivity (Wildman–Crippen MR) is 101 cm³/mol. The van der Waals surface area contributed by atoms with Crippen molar-refractivity contribution in [2.75, 3.05) is 26.2 Å². The van der Waals surface area contributed by atoms with Crippen molar-refractivity contribution in [3.63, 3.8) is 0 Å². The van der Waals surface area contributed by atoms with E-state index in [-0.39, 0.29) is 30.4 Å². The molecule has 7 heteroatoms. The molecule has 0 aromatic rings. The predicted octanol–water partition coefficient (Wildman–Crippen LogP) is 2.03. The monoisotopic (exact) mass is 372 g/mol. The number of carbonyl (C=O) groups excluding carboxylic acids is 2. The number of carbonyl (C=O) groups is 2. The van der Waals surface area contributed by atoms with Crippen LogP contribution in [0.4, 0.5) is 4.79 Å². The molecule has 6 nitrogen and oxygen atoms in total. The van der Waals surface area contributed by atoms with Crippen LogP contribution < -0.4 is 16.0 Å². The number of hydrogen-bond donors (Lipinski definition) is 3. The van der Waals surface area contributed by atoms with E-state index in [1.165, 1.54) is 32.1 Å². The standard InChI is InChI=1S/C18H32N4O2.ClH/c23-17(21-18(24)20-16-4-2-1-3-5-16)13-22-10-8-15(9-11-22)19-12-14-6-7-14;/h14-16,19H,1-13H2,(H2,20,21,23,24);1H. The van der Waals surface area contributed by atoms with Crippen molar-refractivity contribution in [2.45, 2.75) is 69.9 Å². The number of nitrogens with zero attached hydrogens (tertiary/aromatic N) is 1. The first kappa shape index (κ1) is 20.5. The summed E-state index contributed by atoms with van der Waals surface area (Å²) in [5, 5.41) is 9.06. The summed E-state index contributed by atoms with van der Waals surface area (Å²) >= 11 is 0. The molecule has 3 N–H and O–H groups in total. The van der Waals surface area contributed by atoms with Gasteiger partial charge in [0.25, 0.3) is 0 Å². The van der Waals surface area contributed by atoms with Gasteiger partial charge in [0.15, 0.2) is 0 Å². The topological polar surface area (TPSA) is 73.5 Å². The number of likely N-dealkylation sites (tertiary alicyclic amines) is 1. The van der Waals surface area contributed by atoms with Gasteiger partial charge in [-0.3, -0.25) is 15.0 Å². The van der Waals surface area contributed by atoms with Gasteiger partial charge < -0.3 is 10.6 Å². The minimum atomic E-state index is -0.326. The summed E-state index contributed by atoms with van der Waals surface area (Å²) in [5.41, 5.74) is 0. The molecule has 1 saturated heterocycles. The van der Waals surface area contributed by atoms with Gasteiger partial charge in [-0.25, -0.2) is 4.79 Å². The number of rotatable bonds is 6. The maximum absolute atomic E-state index is 12.0. The van der Waals surface area contributed by atoms with Gasteiger partial charge in [0.2, 0.25) is 5.91 Å². The average molecular weight is 373 g/mol. The Bertz CT molecular complexity index is 431. The van der Waals surface area contributed by atoms with Crippen molar-refractivity contribution < 1.29 is 9.59 Å². The van der Waals surface area contributed by atoms with Gasteiger partial charge in [0, 0.05) is 25.2 Å². The molecule has 144 valence electrons. The van der Waals surface area contributed by atoms with Crippen molar-refractivity contribution in [3.05, 3.63) is 0 Å². The molecule has 0 bridgehead atoms. The molecular weight excluding hydrogens is 340 g/mol. The summed E-state index contributed by atoms with van der Waals surface area (Å²) in [5.74, 6) is 0.726. The number of amides is 3. The zero-order valence-corrected chi connectivity index (χ0v) is 15.9. The van der Waals surface area contributed by atoms with E-state index in [0.29, 0.717) is 12.6 Å². The largest absolute Gasteiger partial charge is 0.335 e. The Morgan fingerprint density at radius 1 is 0.880 bits per heavy atom. The number of hydrogen-bond acceptors (Lipinski definition) is 4. The second-order valence-corrected chi connectivity index (χ2v) is 7.76. The van der Waals surface area contributed by atoms with E-state index in [0.717, 1.165) is 51.2 Å². The fourth-order valence-electron chi connectivity index (χ4n) is 3.79. The first-order valence-electron chi connectivity index (χ1n) is 9.75. The summed E-state index contributed by atoms with van der Waals surface area (Å²) in [6.07, 6.45) is 10.6. The Hall–Kier alpha value is -0.850. The highest BCUT2D eigenvalue weighted by molar-refractivity contribution is 5.95. The molecule has 0 atom stereocenters. The lowest BCUT2D eigenvalue weighted by Crippen LogP contribution is -2.50. The number of nitrogens with one attached hydrogen (secondary N) is 3. The van der Waals surface area contributed by atoms with Gasteiger partial charge in [0.05, 0.1) is 6.54 Å². The van der Waals surface area contributed by atoms with Crippen LogP contribution in [-0.4, -0.2) is 55.1 Å². The van der Waals surface area contributed by atoms with E-state index in [1.54, 1.807) is 0 Å². The molecule has 0 unspecified atom stereocenters. The van der Waals surface area contributed by atoms with E-state index < -0.39 is 0 Å². The molecule has 2 aliphatic carbocycles. The first-order valence-corrected chi connectivity index (χ1v) is 9.75. The van der Waals surface area contributed by atoms with Gasteiger partial charge in [-0.15, -0.1) is 12.4 Å². The van der Waals surface area contributed by atoms with Crippen LogP contribution in [0.3, 0.4) is 0 Å². The van der Waals surface area contributed by atoms with Crippen molar-refractivity contribution >= 4 is 24.3 Å². The van der Waals surface area contributed by atoms with E-state index >= 15 is 0 Å². The van der Waals surface area contributed by atoms with Crippen LogP contribution in [0.2, 0.25) is 0 Å². The maximum Gasteiger partial charge on any atom is 0.321 e. The van der Waals surface area contributed by atoms with Crippen LogP contribution in [0, 0.1) is 5.92 Å². The SMILES string of the molecule is Cl.O=C(CN1CCC(NCC2CC2)CC1)NC(=O)NC1CCCCC1. The summed E-state index contributed by atoms with van der Waals surface area (Å²) in [7, 11) is 0. The Morgan fingerprint density at radius 2 is 1.56 bits per heavy atom. The van der Waals surface area contributed by atoms with Gasteiger partial charge in [0.1, 0.15) is 0 Å². The zero-order valence-electron chi connectivity index (χ0n) is 15.1. The summed E-state index contributed by atoms with van der Waals surface area (Å²) in [4.78, 5) is 26.1. The van der Waals surface area contributed by atoms with Crippen molar-refractivity contribution in [3.8, 4) is 0 Å². The third-order valence-corrected chi connectivity index (χ3v) is 5.54. The highest BCUT2D eigenvalue weighted by Crippen LogP contribution is 2.28. The van der Waals surface area contributed by atoms with Crippen LogP contribution >= 0.6 is 12.4 Å². The molecule has 3 amide bonds. The van der Waals surface area contributed by atoms with Crippen LogP contribution in [0.1, 0.15) is 57.8 Å². The fraction of sp³-hybridized carbons (Fsp3) is 0.889. The van der Waals surface area contributed by atoms with Gasteiger partial charge in [-0.2, -0.15) is 0 Å². The number of halogens is 1. The van der Waals surface area contributed by atoms with Gasteiger partial charge in [-0.1, -0.05) is 19.3 Å². The van der Waals surface area contributed by atoms with E-state index in [1.807, 2.05) is 0 Å². The third-order valence-electron chi connectivity index (χ3n) is 5.54. The van der Waals surface area contributed by atoms with Crippen molar-refractivity contribution in [1.29, 1.82) is 0 Å². The minimum absolute atomic E-state index is 0. The Morgan fingerprint density at radius 3 is 2.20 bits per heavy atom. The molecule has 3 rings (SSSR count). The normalized spacial score (nSPS) is 22.9. The second-order valence-electron chi connectivity index (χ2n) is 7.76. The molecule has 0 spiro atoms. The molecule has 2 saturated carbocycles. The maximum atomic E-state index is 12.0. The van der Waals surface area contributed by atoms with Crippen LogP contribution in [-0.2, 0) is 4.79 Å². The molecule has 0 aromatic carbocycles. The lowest BCUT2D eigenvalue weighted by atomic mass is 9.96. The van der Waals surface area contributed by atoms with Crippen molar-refractivity contribution in [1.82, 2.24) is 20.9 Å². The molecular formula is C18H33ClN4O2. The molecule has 3 aliphatic rings. The summed E-state index contributed by atoms with van der Waals surface area (Å²) in [6.45, 7) is 3.35. The molecule has 3 fully saturated rings. The Labute approximate surface area is 157 Å². The van der Waals surface area contributed by atoms with Crippen LogP contribution in [0.15, 0.2) is 0 Å². The first-order chi connectivity index (χ1) is 11.7. The number of urea groups is 1. The molecule has 0 radical (unpaired) electrons. The average Bonchev–Trinajstić information content (AvgIpc) is 3.39. The zero-order chi connectivity index (χ0) is 16.8.